The lowest BCUT2D eigenvalue weighted by Crippen LogP contribution is -2.06. The van der Waals surface area contributed by atoms with E-state index in [4.69, 9.17) is 4.74 Å². The summed E-state index contributed by atoms with van der Waals surface area (Å²) < 4.78 is 6.78. The van der Waals surface area contributed by atoms with Gasteiger partial charge >= 0.3 is 5.97 Å². The summed E-state index contributed by atoms with van der Waals surface area (Å²) >= 11 is 3.41. The molecule has 0 aromatic carbocycles. The molecule has 0 bridgehead atoms. The van der Waals surface area contributed by atoms with Crippen LogP contribution in [0.1, 0.15) is 74.5 Å². The molecule has 0 saturated carbocycles. The number of thiophene rings is 2. The molecule has 2 rings (SSSR count). The van der Waals surface area contributed by atoms with E-state index in [1.807, 2.05) is 17.4 Å². The first-order valence-corrected chi connectivity index (χ1v) is 10.4. The first kappa shape index (κ1) is 18.5. The van der Waals surface area contributed by atoms with Crippen LogP contribution in [0.2, 0.25) is 0 Å². The fraction of sp³-hybridized carbons (Fsp3) is 0.632. The van der Waals surface area contributed by atoms with Crippen LogP contribution in [-0.4, -0.2) is 5.97 Å². The molecule has 2 aromatic heterocycles. The topological polar surface area (TPSA) is 26.3 Å². The zero-order valence-electron chi connectivity index (χ0n) is 14.6. The highest BCUT2D eigenvalue weighted by Crippen LogP contribution is 2.40. The molecule has 0 spiro atoms. The van der Waals surface area contributed by atoms with Crippen molar-refractivity contribution in [3.05, 3.63) is 15.8 Å². The minimum atomic E-state index is -0.0844. The molecule has 128 valence electrons. The zero-order chi connectivity index (χ0) is 16.7. The number of rotatable bonds is 10. The summed E-state index contributed by atoms with van der Waals surface area (Å²) in [7, 11) is 0. The van der Waals surface area contributed by atoms with Crippen molar-refractivity contribution in [2.24, 2.45) is 0 Å². The average molecular weight is 353 g/mol. The highest BCUT2D eigenvalue weighted by molar-refractivity contribution is 7.25. The van der Waals surface area contributed by atoms with E-state index < -0.39 is 0 Å². The van der Waals surface area contributed by atoms with E-state index in [1.54, 1.807) is 11.3 Å². The number of esters is 1. The largest absolute Gasteiger partial charge is 0.415 e. The molecule has 0 aliphatic carbocycles. The van der Waals surface area contributed by atoms with Gasteiger partial charge in [0.05, 0.1) is 4.70 Å². The van der Waals surface area contributed by atoms with E-state index in [0.29, 0.717) is 6.42 Å². The minimum absolute atomic E-state index is 0.0844. The molecule has 4 heteroatoms. The van der Waals surface area contributed by atoms with Gasteiger partial charge in [0, 0.05) is 27.6 Å². The number of hydrogen-bond acceptors (Lipinski definition) is 4. The van der Waals surface area contributed by atoms with Crippen LogP contribution in [0.5, 0.6) is 5.06 Å². The van der Waals surface area contributed by atoms with Crippen LogP contribution >= 0.6 is 22.7 Å². The molecule has 0 N–H and O–H groups in total. The molecule has 0 amide bonds. The lowest BCUT2D eigenvalue weighted by molar-refractivity contribution is -0.134. The number of aryl methyl sites for hydroxylation is 2. The van der Waals surface area contributed by atoms with Crippen molar-refractivity contribution < 1.29 is 9.53 Å². The van der Waals surface area contributed by atoms with Crippen LogP contribution in [0.25, 0.3) is 10.1 Å². The van der Waals surface area contributed by atoms with Crippen LogP contribution in [0.15, 0.2) is 6.07 Å². The number of carbonyl (C=O) groups excluding carboxylic acids is 1. The summed E-state index contributed by atoms with van der Waals surface area (Å²) in [5.74, 6) is -0.0844. The number of fused-ring (bicyclic) bond motifs is 1. The van der Waals surface area contributed by atoms with Gasteiger partial charge in [0.2, 0.25) is 0 Å². The number of ether oxygens (including phenoxy) is 1. The molecule has 23 heavy (non-hydrogen) atoms. The van der Waals surface area contributed by atoms with Gasteiger partial charge in [-0.25, -0.2) is 0 Å². The molecular formula is C19H28O2S2. The Morgan fingerprint density at radius 2 is 1.61 bits per heavy atom. The van der Waals surface area contributed by atoms with Crippen molar-refractivity contribution in [1.29, 1.82) is 0 Å². The summed E-state index contributed by atoms with van der Waals surface area (Å²) in [6.07, 6.45) is 10.5. The maximum absolute atomic E-state index is 11.9. The van der Waals surface area contributed by atoms with Gasteiger partial charge in [-0.2, -0.15) is 0 Å². The average Bonchev–Trinajstić information content (AvgIpc) is 3.03. The number of unbranched alkanes of at least 4 members (excludes halogenated alkanes) is 7. The molecule has 0 fully saturated rings. The van der Waals surface area contributed by atoms with Crippen molar-refractivity contribution in [3.63, 3.8) is 0 Å². The van der Waals surface area contributed by atoms with Crippen LogP contribution < -0.4 is 4.74 Å². The molecule has 0 radical (unpaired) electrons. The Labute approximate surface area is 147 Å². The quantitative estimate of drug-likeness (QED) is 0.339. The Morgan fingerprint density at radius 3 is 2.26 bits per heavy atom. The fourth-order valence-corrected chi connectivity index (χ4v) is 5.06. The van der Waals surface area contributed by atoms with Gasteiger partial charge in [-0.3, -0.25) is 4.79 Å². The molecule has 0 aliphatic heterocycles. The second-order valence-corrected chi connectivity index (χ2v) is 8.67. The minimum Gasteiger partial charge on any atom is -0.415 e. The lowest BCUT2D eigenvalue weighted by Gasteiger charge is -2.02. The van der Waals surface area contributed by atoms with Crippen LogP contribution in [0.3, 0.4) is 0 Å². The Bertz CT molecular complexity index is 590. The number of carbonyl (C=O) groups is 1. The van der Waals surface area contributed by atoms with Gasteiger partial charge in [-0.05, 0) is 20.3 Å². The second kappa shape index (κ2) is 9.43. The van der Waals surface area contributed by atoms with Crippen molar-refractivity contribution in [2.45, 2.75) is 78.6 Å². The number of hydrogen-bond donors (Lipinski definition) is 0. The third-order valence-electron chi connectivity index (χ3n) is 4.16. The van der Waals surface area contributed by atoms with Gasteiger partial charge in [0.15, 0.2) is 5.06 Å². The van der Waals surface area contributed by atoms with E-state index in [1.165, 1.54) is 58.4 Å². The van der Waals surface area contributed by atoms with Gasteiger partial charge in [-0.1, -0.05) is 63.2 Å². The highest BCUT2D eigenvalue weighted by atomic mass is 32.1. The van der Waals surface area contributed by atoms with E-state index in [9.17, 15) is 4.79 Å². The first-order chi connectivity index (χ1) is 11.1. The standard InChI is InChI=1S/C19H28O2S2/c1-4-5-6-7-8-9-10-11-12-17(20)21-18-13-16-14(2)22-15(3)19(16)23-18/h13H,4-12H2,1-3H3. The van der Waals surface area contributed by atoms with E-state index in [-0.39, 0.29) is 5.97 Å². The van der Waals surface area contributed by atoms with Crippen molar-refractivity contribution >= 4 is 38.7 Å². The predicted molar refractivity (Wildman–Crippen MR) is 102 cm³/mol. The van der Waals surface area contributed by atoms with Gasteiger partial charge in [0.25, 0.3) is 0 Å². The Morgan fingerprint density at radius 1 is 0.957 bits per heavy atom. The molecule has 0 saturated heterocycles. The summed E-state index contributed by atoms with van der Waals surface area (Å²) in [5, 5.41) is 1.99. The van der Waals surface area contributed by atoms with E-state index in [0.717, 1.165) is 17.9 Å². The highest BCUT2D eigenvalue weighted by Gasteiger charge is 2.13. The van der Waals surface area contributed by atoms with Crippen LogP contribution in [0, 0.1) is 13.8 Å². The van der Waals surface area contributed by atoms with Crippen molar-refractivity contribution in [1.82, 2.24) is 0 Å². The second-order valence-electron chi connectivity index (χ2n) is 6.22. The van der Waals surface area contributed by atoms with Crippen LogP contribution in [-0.2, 0) is 4.79 Å². The monoisotopic (exact) mass is 352 g/mol. The Kier molecular flexibility index (Phi) is 7.57. The third kappa shape index (κ3) is 5.61. The maximum atomic E-state index is 11.9. The molecule has 2 heterocycles. The summed E-state index contributed by atoms with van der Waals surface area (Å²) in [6.45, 7) is 6.49. The van der Waals surface area contributed by atoms with E-state index in [2.05, 4.69) is 20.8 Å². The molecule has 0 atom stereocenters. The molecule has 0 unspecified atom stereocenters. The molecule has 0 aliphatic rings. The molecule has 2 nitrogen and oxygen atoms in total. The summed E-state index contributed by atoms with van der Waals surface area (Å²) in [5.41, 5.74) is 0. The zero-order valence-corrected chi connectivity index (χ0v) is 16.2. The van der Waals surface area contributed by atoms with Gasteiger partial charge in [0.1, 0.15) is 0 Å². The van der Waals surface area contributed by atoms with Crippen molar-refractivity contribution in [2.75, 3.05) is 0 Å². The van der Waals surface area contributed by atoms with E-state index >= 15 is 0 Å². The maximum Gasteiger partial charge on any atom is 0.311 e. The van der Waals surface area contributed by atoms with Gasteiger partial charge in [-0.15, -0.1) is 11.3 Å². The smallest absolute Gasteiger partial charge is 0.311 e. The first-order valence-electron chi connectivity index (χ1n) is 8.82. The van der Waals surface area contributed by atoms with Crippen LogP contribution in [0.4, 0.5) is 0 Å². The normalized spacial score (nSPS) is 11.3. The summed E-state index contributed by atoms with van der Waals surface area (Å²) in [6, 6.07) is 2.02. The fourth-order valence-electron chi connectivity index (χ4n) is 2.84. The Hall–Kier alpha value is -0.870. The van der Waals surface area contributed by atoms with Crippen molar-refractivity contribution in [3.8, 4) is 5.06 Å². The van der Waals surface area contributed by atoms with Gasteiger partial charge < -0.3 is 4.74 Å². The Balaban J connectivity index is 1.65. The SMILES string of the molecule is CCCCCCCCCCC(=O)Oc1cc2c(C)sc(C)c2s1. The lowest BCUT2D eigenvalue weighted by atomic mass is 10.1. The molecule has 2 aromatic rings. The molecular weight excluding hydrogens is 324 g/mol. The summed E-state index contributed by atoms with van der Waals surface area (Å²) in [4.78, 5) is 14.6. The predicted octanol–water partition coefficient (Wildman–Crippen LogP) is 7.02. The third-order valence-corrected chi connectivity index (χ3v) is 6.46.